The number of hydrogen-bond acceptors (Lipinski definition) is 6. The molecule has 1 aromatic heterocycles. The van der Waals surface area contributed by atoms with E-state index < -0.39 is 23.6 Å². The van der Waals surface area contributed by atoms with Crippen LogP contribution in [-0.2, 0) is 9.59 Å². The number of imide groups is 2. The van der Waals surface area contributed by atoms with E-state index in [1.807, 2.05) is 10.6 Å². The standard InChI is InChI=1S/C9H7N5O4/c15-7-6(8(16)11-9(17)10-7)13-12-5-3-1-2-4-14(5)18/h1-4,18H,(H2,10,11,15,16,17). The van der Waals surface area contributed by atoms with E-state index in [0.29, 0.717) is 4.73 Å². The number of carbonyl (C=O) groups excluding carboxylic acids is 3. The second kappa shape index (κ2) is 4.49. The van der Waals surface area contributed by atoms with Gasteiger partial charge in [0, 0.05) is 6.20 Å². The zero-order valence-corrected chi connectivity index (χ0v) is 8.82. The number of amides is 4. The quantitative estimate of drug-likeness (QED) is 0.407. The van der Waals surface area contributed by atoms with Crippen molar-refractivity contribution in [1.82, 2.24) is 15.4 Å². The van der Waals surface area contributed by atoms with Crippen molar-refractivity contribution in [3.8, 4) is 0 Å². The van der Waals surface area contributed by atoms with Gasteiger partial charge < -0.3 is 5.21 Å². The van der Waals surface area contributed by atoms with E-state index in [1.54, 1.807) is 12.1 Å². The van der Waals surface area contributed by atoms with Gasteiger partial charge in [0.25, 0.3) is 11.8 Å². The van der Waals surface area contributed by atoms with Crippen LogP contribution >= 0.6 is 0 Å². The Bertz CT molecular complexity index is 608. The highest BCUT2D eigenvalue weighted by Crippen LogP contribution is 1.89. The van der Waals surface area contributed by atoms with Crippen LogP contribution in [0.1, 0.15) is 0 Å². The first-order chi connectivity index (χ1) is 8.58. The number of urea groups is 1. The van der Waals surface area contributed by atoms with E-state index in [4.69, 9.17) is 0 Å². The van der Waals surface area contributed by atoms with Crippen LogP contribution in [0.5, 0.6) is 0 Å². The fourth-order valence-corrected chi connectivity index (χ4v) is 1.16. The van der Waals surface area contributed by atoms with Crippen LogP contribution in [0.3, 0.4) is 0 Å². The maximum atomic E-state index is 11.3. The van der Waals surface area contributed by atoms with Crippen molar-refractivity contribution in [1.29, 1.82) is 0 Å². The predicted molar refractivity (Wildman–Crippen MR) is 56.3 cm³/mol. The molecule has 18 heavy (non-hydrogen) atoms. The van der Waals surface area contributed by atoms with Gasteiger partial charge in [-0.25, -0.2) is 4.79 Å². The minimum atomic E-state index is -0.951. The lowest BCUT2D eigenvalue weighted by Crippen LogP contribution is -2.56. The van der Waals surface area contributed by atoms with E-state index in [2.05, 4.69) is 10.2 Å². The number of nitrogens with zero attached hydrogens (tertiary/aromatic N) is 3. The summed E-state index contributed by atoms with van der Waals surface area (Å²) in [5.41, 5.74) is -0.555. The molecule has 0 saturated carbocycles. The van der Waals surface area contributed by atoms with E-state index in [1.165, 1.54) is 12.3 Å². The molecule has 1 aromatic rings. The van der Waals surface area contributed by atoms with Gasteiger partial charge in [0.05, 0.1) is 0 Å². The first-order valence-electron chi connectivity index (χ1n) is 4.73. The minimum absolute atomic E-state index is 0.0162. The molecule has 1 fully saturated rings. The van der Waals surface area contributed by atoms with Crippen molar-refractivity contribution in [3.05, 3.63) is 29.9 Å². The monoisotopic (exact) mass is 249 g/mol. The van der Waals surface area contributed by atoms with Crippen molar-refractivity contribution in [2.45, 2.75) is 0 Å². The molecule has 0 unspecified atom stereocenters. The lowest BCUT2D eigenvalue weighted by Gasteiger charge is -2.11. The van der Waals surface area contributed by atoms with Crippen molar-refractivity contribution in [2.75, 3.05) is 0 Å². The van der Waals surface area contributed by atoms with Gasteiger partial charge in [0.15, 0.2) is 5.49 Å². The molecule has 2 rings (SSSR count). The molecule has 0 aliphatic carbocycles. The number of carbonyl (C=O) groups is 3. The highest BCUT2D eigenvalue weighted by molar-refractivity contribution is 6.68. The lowest BCUT2D eigenvalue weighted by atomic mass is 10.3. The summed E-state index contributed by atoms with van der Waals surface area (Å²) in [5.74, 6) is -1.90. The third kappa shape index (κ3) is 2.24. The Morgan fingerprint density at radius 2 is 1.72 bits per heavy atom. The first kappa shape index (κ1) is 11.5. The lowest BCUT2D eigenvalue weighted by molar-refractivity contribution is -0.119. The Morgan fingerprint density at radius 3 is 2.33 bits per heavy atom. The van der Waals surface area contributed by atoms with Crippen LogP contribution in [0.15, 0.2) is 34.6 Å². The van der Waals surface area contributed by atoms with Crippen molar-refractivity contribution in [2.24, 2.45) is 10.2 Å². The number of hydrogen-bond donors (Lipinski definition) is 3. The Hall–Kier alpha value is -2.97. The predicted octanol–water partition coefficient (Wildman–Crippen LogP) is -1.65. The van der Waals surface area contributed by atoms with Crippen LogP contribution in [-0.4, -0.2) is 33.5 Å². The summed E-state index contributed by atoms with van der Waals surface area (Å²) in [6.45, 7) is 0. The first-order valence-corrected chi connectivity index (χ1v) is 4.73. The molecule has 0 spiro atoms. The topological polar surface area (TPSA) is 125 Å². The molecule has 0 atom stereocenters. The average Bonchev–Trinajstić information content (AvgIpc) is 2.30. The third-order valence-electron chi connectivity index (χ3n) is 1.96. The second-order valence-electron chi connectivity index (χ2n) is 3.19. The zero-order valence-electron chi connectivity index (χ0n) is 8.82. The Balaban J connectivity index is 2.37. The maximum Gasteiger partial charge on any atom is 0.328 e. The fraction of sp³-hybridized carbons (Fsp3) is 0. The zero-order chi connectivity index (χ0) is 13.1. The average molecular weight is 249 g/mol. The molecule has 1 aliphatic rings. The van der Waals surface area contributed by atoms with Crippen LogP contribution in [0, 0.1) is 0 Å². The summed E-state index contributed by atoms with van der Waals surface area (Å²) in [4.78, 5) is 33.3. The fourth-order valence-electron chi connectivity index (χ4n) is 1.16. The number of rotatable bonds is 1. The Labute approximate surface area is 99.4 Å². The molecular formula is C9H7N5O4. The van der Waals surface area contributed by atoms with Crippen LogP contribution < -0.4 is 16.1 Å². The van der Waals surface area contributed by atoms with Crippen molar-refractivity contribution < 1.29 is 19.6 Å². The van der Waals surface area contributed by atoms with Gasteiger partial charge in [-0.2, -0.15) is 4.73 Å². The van der Waals surface area contributed by atoms with Crippen LogP contribution in [0.2, 0.25) is 0 Å². The van der Waals surface area contributed by atoms with E-state index in [-0.39, 0.29) is 5.49 Å². The molecule has 9 heteroatoms. The summed E-state index contributed by atoms with van der Waals surface area (Å²) in [5, 5.41) is 19.9. The summed E-state index contributed by atoms with van der Waals surface area (Å²) in [6, 6.07) is 3.62. The van der Waals surface area contributed by atoms with Crippen LogP contribution in [0.25, 0.3) is 0 Å². The van der Waals surface area contributed by atoms with E-state index >= 15 is 0 Å². The van der Waals surface area contributed by atoms with Gasteiger partial charge in [-0.15, -0.1) is 10.2 Å². The molecule has 0 aromatic carbocycles. The second-order valence-corrected chi connectivity index (χ2v) is 3.19. The summed E-state index contributed by atoms with van der Waals surface area (Å²) in [7, 11) is 0. The smallest absolute Gasteiger partial charge is 0.328 e. The molecule has 4 amide bonds. The Kier molecular flexibility index (Phi) is 2.87. The Morgan fingerprint density at radius 1 is 1.06 bits per heavy atom. The van der Waals surface area contributed by atoms with Crippen molar-refractivity contribution in [3.63, 3.8) is 0 Å². The number of aromatic nitrogens is 1. The molecule has 1 saturated heterocycles. The molecule has 2 heterocycles. The van der Waals surface area contributed by atoms with Gasteiger partial charge in [-0.1, -0.05) is 6.07 Å². The van der Waals surface area contributed by atoms with E-state index in [0.717, 1.165) is 0 Å². The molecule has 3 N–H and O–H groups in total. The number of barbiturate groups is 1. The summed E-state index contributed by atoms with van der Waals surface area (Å²) < 4.78 is 0.661. The number of nitrogens with one attached hydrogen (secondary N) is 2. The third-order valence-corrected chi connectivity index (χ3v) is 1.96. The van der Waals surface area contributed by atoms with Gasteiger partial charge in [-0.05, 0) is 12.1 Å². The molecule has 92 valence electrons. The minimum Gasteiger partial charge on any atom is -0.427 e. The molecule has 9 nitrogen and oxygen atoms in total. The van der Waals surface area contributed by atoms with Gasteiger partial charge in [-0.3, -0.25) is 20.2 Å². The highest BCUT2D eigenvalue weighted by Gasteiger charge is 2.29. The molecule has 0 radical (unpaired) electrons. The largest absolute Gasteiger partial charge is 0.427 e. The normalized spacial score (nSPS) is 16.3. The maximum absolute atomic E-state index is 11.3. The molecule has 1 aliphatic heterocycles. The van der Waals surface area contributed by atoms with Gasteiger partial charge in [0.1, 0.15) is 0 Å². The molecular weight excluding hydrogens is 242 g/mol. The van der Waals surface area contributed by atoms with E-state index in [9.17, 15) is 19.6 Å². The summed E-state index contributed by atoms with van der Waals surface area (Å²) in [6.07, 6.45) is 1.30. The SMILES string of the molecule is O=C1NC(=O)C(=NN=c2ccccn2O)C(=O)N1. The summed E-state index contributed by atoms with van der Waals surface area (Å²) >= 11 is 0. The van der Waals surface area contributed by atoms with Gasteiger partial charge in [0.2, 0.25) is 5.71 Å². The highest BCUT2D eigenvalue weighted by atomic mass is 16.5. The van der Waals surface area contributed by atoms with Crippen LogP contribution in [0.4, 0.5) is 4.79 Å². The van der Waals surface area contributed by atoms with Crippen molar-refractivity contribution >= 4 is 23.6 Å². The van der Waals surface area contributed by atoms with Gasteiger partial charge >= 0.3 is 6.03 Å². The molecule has 0 bridgehead atoms. The number of pyridine rings is 1.